The third-order valence-corrected chi connectivity index (χ3v) is 4.67. The molecule has 6 nitrogen and oxygen atoms in total. The van der Waals surface area contributed by atoms with Gasteiger partial charge in [-0.3, -0.25) is 4.79 Å². The molecule has 2 atom stereocenters. The molecule has 3 aliphatic rings. The summed E-state index contributed by atoms with van der Waals surface area (Å²) in [6.07, 6.45) is 2.01. The molecule has 4 rings (SSSR count). The van der Waals surface area contributed by atoms with Crippen LogP contribution in [-0.4, -0.2) is 42.6 Å². The van der Waals surface area contributed by atoms with E-state index in [0.717, 1.165) is 19.4 Å². The van der Waals surface area contributed by atoms with Gasteiger partial charge in [0.15, 0.2) is 0 Å². The number of carbonyl (C=O) groups is 2. The molecule has 1 aromatic carbocycles. The van der Waals surface area contributed by atoms with Crippen molar-refractivity contribution in [2.45, 2.75) is 25.0 Å². The summed E-state index contributed by atoms with van der Waals surface area (Å²) < 4.78 is 18.8. The number of nitrogens with one attached hydrogen (secondary N) is 2. The molecule has 1 saturated heterocycles. The predicted octanol–water partition coefficient (Wildman–Crippen LogP) is 1.45. The van der Waals surface area contributed by atoms with E-state index in [1.165, 1.54) is 12.1 Å². The lowest BCUT2D eigenvalue weighted by molar-refractivity contribution is -0.127. The molecule has 0 radical (unpaired) electrons. The highest BCUT2D eigenvalue weighted by Gasteiger charge is 2.41. The second kappa shape index (κ2) is 5.90. The van der Waals surface area contributed by atoms with E-state index in [1.807, 2.05) is 0 Å². The highest BCUT2D eigenvalue weighted by atomic mass is 19.1. The number of carbonyl (C=O) groups excluding carboxylic acids is 2. The number of nitrogens with zero attached hydrogens (tertiary/aromatic N) is 1. The molecule has 2 N–H and O–H groups in total. The van der Waals surface area contributed by atoms with Crippen molar-refractivity contribution >= 4 is 11.9 Å². The summed E-state index contributed by atoms with van der Waals surface area (Å²) in [7, 11) is 0. The summed E-state index contributed by atoms with van der Waals surface area (Å²) in [5.74, 6) is -0.465. The molecule has 0 aliphatic carbocycles. The predicted molar refractivity (Wildman–Crippen MR) is 83.4 cm³/mol. The Kier molecular flexibility index (Phi) is 3.72. The van der Waals surface area contributed by atoms with Crippen LogP contribution in [-0.2, 0) is 9.53 Å². The summed E-state index contributed by atoms with van der Waals surface area (Å²) in [5, 5.41) is 5.49. The van der Waals surface area contributed by atoms with Crippen molar-refractivity contribution in [3.63, 3.8) is 0 Å². The monoisotopic (exact) mass is 331 g/mol. The lowest BCUT2D eigenvalue weighted by Crippen LogP contribution is -2.44. The molecular formula is C17H18FN3O3. The van der Waals surface area contributed by atoms with Gasteiger partial charge in [0.2, 0.25) is 0 Å². The van der Waals surface area contributed by atoms with E-state index >= 15 is 0 Å². The van der Waals surface area contributed by atoms with E-state index in [1.54, 1.807) is 17.0 Å². The van der Waals surface area contributed by atoms with Crippen LogP contribution in [0.1, 0.15) is 24.4 Å². The fraction of sp³-hybridized carbons (Fsp3) is 0.412. The normalized spacial score (nSPS) is 26.5. The summed E-state index contributed by atoms with van der Waals surface area (Å²) in [6.45, 7) is 1.63. The van der Waals surface area contributed by atoms with Gasteiger partial charge in [0.1, 0.15) is 5.82 Å². The Morgan fingerprint density at radius 3 is 2.75 bits per heavy atom. The number of benzene rings is 1. The van der Waals surface area contributed by atoms with E-state index in [9.17, 15) is 14.0 Å². The van der Waals surface area contributed by atoms with Crippen molar-refractivity contribution in [2.24, 2.45) is 0 Å². The van der Waals surface area contributed by atoms with Gasteiger partial charge >= 0.3 is 6.03 Å². The molecule has 3 heterocycles. The topological polar surface area (TPSA) is 70.7 Å². The van der Waals surface area contributed by atoms with Gasteiger partial charge < -0.3 is 20.3 Å². The number of hydrogen-bond acceptors (Lipinski definition) is 3. The lowest BCUT2D eigenvalue weighted by Gasteiger charge is -2.25. The first kappa shape index (κ1) is 15.1. The summed E-state index contributed by atoms with van der Waals surface area (Å²) in [4.78, 5) is 26.5. The maximum Gasteiger partial charge on any atom is 0.319 e. The van der Waals surface area contributed by atoms with Crippen molar-refractivity contribution < 1.29 is 18.7 Å². The third kappa shape index (κ3) is 2.65. The summed E-state index contributed by atoms with van der Waals surface area (Å²) >= 11 is 0. The molecule has 7 heteroatoms. The van der Waals surface area contributed by atoms with Crippen LogP contribution in [0.25, 0.3) is 0 Å². The molecule has 3 amide bonds. The highest BCUT2D eigenvalue weighted by Crippen LogP contribution is 2.33. The molecule has 1 aromatic rings. The average molecular weight is 331 g/mol. The van der Waals surface area contributed by atoms with E-state index < -0.39 is 6.04 Å². The Balaban J connectivity index is 1.60. The average Bonchev–Trinajstić information content (AvgIpc) is 3.17. The Morgan fingerprint density at radius 1 is 1.25 bits per heavy atom. The van der Waals surface area contributed by atoms with Crippen LogP contribution in [0.5, 0.6) is 0 Å². The third-order valence-electron chi connectivity index (χ3n) is 4.67. The largest absolute Gasteiger partial charge is 0.376 e. The molecule has 0 bridgehead atoms. The minimum absolute atomic E-state index is 0.0586. The molecule has 0 unspecified atom stereocenters. The van der Waals surface area contributed by atoms with Crippen LogP contribution >= 0.6 is 0 Å². The number of amides is 3. The van der Waals surface area contributed by atoms with Crippen LogP contribution in [0.15, 0.2) is 35.5 Å². The molecule has 3 aliphatic heterocycles. The van der Waals surface area contributed by atoms with Crippen LogP contribution in [0.3, 0.4) is 0 Å². The van der Waals surface area contributed by atoms with E-state index in [2.05, 4.69) is 10.6 Å². The quantitative estimate of drug-likeness (QED) is 0.881. The van der Waals surface area contributed by atoms with Gasteiger partial charge in [-0.2, -0.15) is 0 Å². The Hall–Kier alpha value is -2.41. The van der Waals surface area contributed by atoms with Gasteiger partial charge in [0.25, 0.3) is 5.91 Å². The minimum atomic E-state index is -0.559. The van der Waals surface area contributed by atoms with Crippen molar-refractivity contribution in [3.8, 4) is 0 Å². The first-order chi connectivity index (χ1) is 11.6. The van der Waals surface area contributed by atoms with Crippen molar-refractivity contribution in [1.82, 2.24) is 15.5 Å². The second-order valence-electron chi connectivity index (χ2n) is 6.30. The van der Waals surface area contributed by atoms with Gasteiger partial charge in [-0.1, -0.05) is 12.1 Å². The molecule has 126 valence electrons. The van der Waals surface area contributed by atoms with Crippen LogP contribution in [0.2, 0.25) is 0 Å². The van der Waals surface area contributed by atoms with E-state index in [-0.39, 0.29) is 23.9 Å². The fourth-order valence-corrected chi connectivity index (χ4v) is 3.52. The summed E-state index contributed by atoms with van der Waals surface area (Å²) in [5.41, 5.74) is 1.83. The van der Waals surface area contributed by atoms with Crippen LogP contribution < -0.4 is 10.6 Å². The SMILES string of the molecule is O=C1NC2=C(C(=O)N(C[C@H]3CCCO3)C2)[C@H](c2ccc(F)cc2)N1. The van der Waals surface area contributed by atoms with E-state index in [4.69, 9.17) is 4.74 Å². The van der Waals surface area contributed by atoms with Crippen LogP contribution in [0.4, 0.5) is 9.18 Å². The maximum absolute atomic E-state index is 13.2. The number of halogens is 1. The van der Waals surface area contributed by atoms with Crippen molar-refractivity contribution in [2.75, 3.05) is 19.7 Å². The van der Waals surface area contributed by atoms with Crippen molar-refractivity contribution in [3.05, 3.63) is 46.9 Å². The number of hydrogen-bond donors (Lipinski definition) is 2. The first-order valence-electron chi connectivity index (χ1n) is 8.09. The molecule has 1 fully saturated rings. The molecule has 0 spiro atoms. The fourth-order valence-electron chi connectivity index (χ4n) is 3.52. The maximum atomic E-state index is 13.2. The van der Waals surface area contributed by atoms with Gasteiger partial charge in [0, 0.05) is 13.2 Å². The van der Waals surface area contributed by atoms with Gasteiger partial charge in [-0.25, -0.2) is 9.18 Å². The zero-order valence-corrected chi connectivity index (χ0v) is 13.0. The zero-order valence-electron chi connectivity index (χ0n) is 13.0. The highest BCUT2D eigenvalue weighted by molar-refractivity contribution is 6.01. The molecular weight excluding hydrogens is 313 g/mol. The number of ether oxygens (including phenoxy) is 1. The van der Waals surface area contributed by atoms with Crippen molar-refractivity contribution in [1.29, 1.82) is 0 Å². The number of rotatable bonds is 3. The first-order valence-corrected chi connectivity index (χ1v) is 8.09. The Morgan fingerprint density at radius 2 is 2.04 bits per heavy atom. The zero-order chi connectivity index (χ0) is 16.7. The van der Waals surface area contributed by atoms with Gasteiger partial charge in [-0.15, -0.1) is 0 Å². The van der Waals surface area contributed by atoms with Gasteiger partial charge in [0.05, 0.1) is 30.0 Å². The van der Waals surface area contributed by atoms with Gasteiger partial charge in [-0.05, 0) is 30.5 Å². The Bertz CT molecular complexity index is 710. The minimum Gasteiger partial charge on any atom is -0.376 e. The molecule has 0 saturated carbocycles. The smallest absolute Gasteiger partial charge is 0.319 e. The Labute approximate surface area is 138 Å². The lowest BCUT2D eigenvalue weighted by atomic mass is 9.96. The standard InChI is InChI=1S/C17H18FN3O3/c18-11-5-3-10(4-6-11)15-14-13(19-17(23)20-15)9-21(16(14)22)8-12-2-1-7-24-12/h3-6,12,15H,1-2,7-9H2,(H2,19,20,23)/t12-,15+/m1/s1. The second-order valence-corrected chi connectivity index (χ2v) is 6.30. The molecule has 0 aromatic heterocycles. The summed E-state index contributed by atoms with van der Waals surface area (Å²) in [6, 6.07) is 4.92. The van der Waals surface area contributed by atoms with E-state index in [0.29, 0.717) is 29.9 Å². The van der Waals surface area contributed by atoms with Crippen LogP contribution in [0, 0.1) is 5.82 Å². The molecule has 24 heavy (non-hydrogen) atoms. The number of urea groups is 1.